The second-order valence-corrected chi connectivity index (χ2v) is 3.61. The molecule has 1 aromatic carbocycles. The molecule has 1 unspecified atom stereocenters. The van der Waals surface area contributed by atoms with E-state index in [-0.39, 0.29) is 11.8 Å². The fourth-order valence-corrected chi connectivity index (χ4v) is 1.91. The zero-order valence-electron chi connectivity index (χ0n) is 8.82. The van der Waals surface area contributed by atoms with E-state index >= 15 is 0 Å². The lowest BCUT2D eigenvalue weighted by Crippen LogP contribution is -2.14. The summed E-state index contributed by atoms with van der Waals surface area (Å²) in [6.07, 6.45) is 0.761. The van der Waals surface area contributed by atoms with Crippen LogP contribution in [0.1, 0.15) is 24.8 Å². The van der Waals surface area contributed by atoms with Crippen LogP contribution in [0.25, 0.3) is 0 Å². The molecule has 0 aliphatic carbocycles. The molecule has 0 fully saturated rings. The highest BCUT2D eigenvalue weighted by Gasteiger charge is 2.29. The third kappa shape index (κ3) is 2.02. The van der Waals surface area contributed by atoms with Gasteiger partial charge in [0.05, 0.1) is 5.92 Å². The van der Waals surface area contributed by atoms with E-state index in [2.05, 4.69) is 5.32 Å². The SMILES string of the molecule is CCOCCC1C(=O)Nc2ccccc21. The van der Waals surface area contributed by atoms with Crippen LogP contribution < -0.4 is 5.32 Å². The van der Waals surface area contributed by atoms with Crippen LogP contribution >= 0.6 is 0 Å². The van der Waals surface area contributed by atoms with Gasteiger partial charge in [0.2, 0.25) is 5.91 Å². The number of anilines is 1. The second-order valence-electron chi connectivity index (χ2n) is 3.61. The van der Waals surface area contributed by atoms with Gasteiger partial charge in [-0.05, 0) is 25.0 Å². The Hall–Kier alpha value is -1.35. The van der Waals surface area contributed by atoms with Crippen molar-refractivity contribution in [3.8, 4) is 0 Å². The van der Waals surface area contributed by atoms with Gasteiger partial charge >= 0.3 is 0 Å². The van der Waals surface area contributed by atoms with Crippen molar-refractivity contribution in [2.45, 2.75) is 19.3 Å². The predicted molar refractivity (Wildman–Crippen MR) is 58.9 cm³/mol. The van der Waals surface area contributed by atoms with Gasteiger partial charge in [0.1, 0.15) is 0 Å². The molecule has 3 nitrogen and oxygen atoms in total. The van der Waals surface area contributed by atoms with E-state index in [1.165, 1.54) is 0 Å². The van der Waals surface area contributed by atoms with E-state index < -0.39 is 0 Å². The normalized spacial score (nSPS) is 18.7. The molecule has 0 spiro atoms. The summed E-state index contributed by atoms with van der Waals surface area (Å²) < 4.78 is 5.28. The summed E-state index contributed by atoms with van der Waals surface area (Å²) in [6, 6.07) is 7.84. The van der Waals surface area contributed by atoms with Gasteiger partial charge in [-0.2, -0.15) is 0 Å². The van der Waals surface area contributed by atoms with E-state index in [9.17, 15) is 4.79 Å². The van der Waals surface area contributed by atoms with Crippen LogP contribution in [0.3, 0.4) is 0 Å². The Bertz CT molecular complexity index is 362. The molecule has 0 saturated heterocycles. The summed E-state index contributed by atoms with van der Waals surface area (Å²) in [4.78, 5) is 11.7. The molecule has 1 heterocycles. The summed E-state index contributed by atoms with van der Waals surface area (Å²) >= 11 is 0. The molecule has 80 valence electrons. The van der Waals surface area contributed by atoms with Crippen LogP contribution in [0.5, 0.6) is 0 Å². The smallest absolute Gasteiger partial charge is 0.232 e. The van der Waals surface area contributed by atoms with Gasteiger partial charge in [-0.3, -0.25) is 4.79 Å². The largest absolute Gasteiger partial charge is 0.382 e. The Labute approximate surface area is 89.4 Å². The van der Waals surface area contributed by atoms with Crippen LogP contribution in [-0.2, 0) is 9.53 Å². The van der Waals surface area contributed by atoms with E-state index in [0.717, 1.165) is 17.7 Å². The molecular formula is C12H15NO2. The number of nitrogens with one attached hydrogen (secondary N) is 1. The number of hydrogen-bond acceptors (Lipinski definition) is 2. The minimum absolute atomic E-state index is 0.0345. The summed E-state index contributed by atoms with van der Waals surface area (Å²) in [7, 11) is 0. The van der Waals surface area contributed by atoms with Gasteiger partial charge < -0.3 is 10.1 Å². The summed E-state index contributed by atoms with van der Waals surface area (Å²) in [5.41, 5.74) is 2.05. The number of fused-ring (bicyclic) bond motifs is 1. The van der Waals surface area contributed by atoms with Crippen LogP contribution in [0.15, 0.2) is 24.3 Å². The van der Waals surface area contributed by atoms with Crippen molar-refractivity contribution in [1.82, 2.24) is 0 Å². The first kappa shape index (κ1) is 10.2. The van der Waals surface area contributed by atoms with Gasteiger partial charge in [0.25, 0.3) is 0 Å². The molecule has 1 aliphatic rings. The second kappa shape index (κ2) is 4.45. The molecule has 0 radical (unpaired) electrons. The Morgan fingerprint density at radius 3 is 3.00 bits per heavy atom. The van der Waals surface area contributed by atoms with Crippen molar-refractivity contribution in [2.75, 3.05) is 18.5 Å². The van der Waals surface area contributed by atoms with E-state index in [0.29, 0.717) is 13.2 Å². The zero-order chi connectivity index (χ0) is 10.7. The van der Waals surface area contributed by atoms with Crippen LogP contribution in [0.4, 0.5) is 5.69 Å². The quantitative estimate of drug-likeness (QED) is 0.765. The Morgan fingerprint density at radius 2 is 2.20 bits per heavy atom. The molecule has 1 aromatic rings. The average Bonchev–Trinajstić information content (AvgIpc) is 2.56. The summed E-state index contributed by atoms with van der Waals surface area (Å²) in [5, 5.41) is 2.88. The lowest BCUT2D eigenvalue weighted by atomic mass is 9.98. The number of rotatable bonds is 4. The number of carbonyl (C=O) groups is 1. The Balaban J connectivity index is 2.08. The maximum atomic E-state index is 11.7. The van der Waals surface area contributed by atoms with Crippen molar-refractivity contribution in [3.05, 3.63) is 29.8 Å². The minimum atomic E-state index is -0.0345. The molecule has 1 atom stereocenters. The first-order valence-electron chi connectivity index (χ1n) is 5.30. The maximum absolute atomic E-state index is 11.7. The molecule has 1 N–H and O–H groups in total. The lowest BCUT2D eigenvalue weighted by Gasteiger charge is -2.07. The van der Waals surface area contributed by atoms with Crippen molar-refractivity contribution in [3.63, 3.8) is 0 Å². The number of hydrogen-bond donors (Lipinski definition) is 1. The van der Waals surface area contributed by atoms with Gasteiger partial charge in [-0.15, -0.1) is 0 Å². The topological polar surface area (TPSA) is 38.3 Å². The first-order valence-corrected chi connectivity index (χ1v) is 5.30. The van der Waals surface area contributed by atoms with E-state index in [1.54, 1.807) is 0 Å². The van der Waals surface area contributed by atoms with Crippen LogP contribution in [0, 0.1) is 0 Å². The van der Waals surface area contributed by atoms with Gasteiger partial charge in [0, 0.05) is 18.9 Å². The number of para-hydroxylation sites is 1. The van der Waals surface area contributed by atoms with Gasteiger partial charge in [-0.1, -0.05) is 18.2 Å². The van der Waals surface area contributed by atoms with Crippen molar-refractivity contribution < 1.29 is 9.53 Å². The monoisotopic (exact) mass is 205 g/mol. The van der Waals surface area contributed by atoms with Crippen molar-refractivity contribution >= 4 is 11.6 Å². The van der Waals surface area contributed by atoms with Crippen LogP contribution in [0.2, 0.25) is 0 Å². The Kier molecular flexibility index (Phi) is 3.02. The highest BCUT2D eigenvalue weighted by molar-refractivity contribution is 6.02. The van der Waals surface area contributed by atoms with E-state index in [1.807, 2.05) is 31.2 Å². The zero-order valence-corrected chi connectivity index (χ0v) is 8.82. The fourth-order valence-electron chi connectivity index (χ4n) is 1.91. The fraction of sp³-hybridized carbons (Fsp3) is 0.417. The molecule has 0 bridgehead atoms. The number of ether oxygens (including phenoxy) is 1. The molecule has 0 saturated carbocycles. The number of amides is 1. The predicted octanol–water partition coefficient (Wildman–Crippen LogP) is 2.15. The van der Waals surface area contributed by atoms with E-state index in [4.69, 9.17) is 4.74 Å². The molecular weight excluding hydrogens is 190 g/mol. The third-order valence-electron chi connectivity index (χ3n) is 2.67. The minimum Gasteiger partial charge on any atom is -0.382 e. The number of benzene rings is 1. The van der Waals surface area contributed by atoms with Gasteiger partial charge in [0.15, 0.2) is 0 Å². The molecule has 1 amide bonds. The highest BCUT2D eigenvalue weighted by Crippen LogP contribution is 2.34. The lowest BCUT2D eigenvalue weighted by molar-refractivity contribution is -0.117. The maximum Gasteiger partial charge on any atom is 0.232 e. The molecule has 3 heteroatoms. The molecule has 1 aliphatic heterocycles. The summed E-state index contributed by atoms with van der Waals surface area (Å²) in [5.74, 6) is 0.0589. The third-order valence-corrected chi connectivity index (χ3v) is 2.67. The van der Waals surface area contributed by atoms with Crippen molar-refractivity contribution in [2.24, 2.45) is 0 Å². The summed E-state index contributed by atoms with van der Waals surface area (Å²) in [6.45, 7) is 3.31. The Morgan fingerprint density at radius 1 is 1.40 bits per heavy atom. The molecule has 2 rings (SSSR count). The molecule has 0 aromatic heterocycles. The van der Waals surface area contributed by atoms with Crippen molar-refractivity contribution in [1.29, 1.82) is 0 Å². The van der Waals surface area contributed by atoms with Crippen LogP contribution in [-0.4, -0.2) is 19.1 Å². The van der Waals surface area contributed by atoms with Gasteiger partial charge in [-0.25, -0.2) is 0 Å². The first-order chi connectivity index (χ1) is 7.33. The molecule has 15 heavy (non-hydrogen) atoms. The average molecular weight is 205 g/mol. The highest BCUT2D eigenvalue weighted by atomic mass is 16.5. The number of carbonyl (C=O) groups excluding carboxylic acids is 1. The standard InChI is InChI=1S/C12H15NO2/c1-2-15-8-7-10-9-5-3-4-6-11(9)13-12(10)14/h3-6,10H,2,7-8H2,1H3,(H,13,14).